The first-order valence-electron chi connectivity index (χ1n) is 6.75. The Kier molecular flexibility index (Phi) is 4.03. The van der Waals surface area contributed by atoms with Gasteiger partial charge in [-0.05, 0) is 43.0 Å². The van der Waals surface area contributed by atoms with Crippen LogP contribution in [0.4, 0.5) is 4.39 Å². The molecule has 0 spiro atoms. The molecule has 100 valence electrons. The number of ether oxygens (including phenoxy) is 1. The maximum absolute atomic E-state index is 13.4. The van der Waals surface area contributed by atoms with Crippen LogP contribution in [0.2, 0.25) is 0 Å². The SMILES string of the molecule is CCC1(CC)CNCC(c2cc(F)ccc2C)O1. The predicted octanol–water partition coefficient (Wildman–Crippen LogP) is 3.35. The molecular formula is C15H22FNO. The molecule has 0 radical (unpaired) electrons. The Morgan fingerprint density at radius 1 is 1.39 bits per heavy atom. The first kappa shape index (κ1) is 13.5. The highest BCUT2D eigenvalue weighted by Crippen LogP contribution is 2.33. The summed E-state index contributed by atoms with van der Waals surface area (Å²) in [7, 11) is 0. The Hall–Kier alpha value is -0.930. The van der Waals surface area contributed by atoms with Crippen LogP contribution in [0.1, 0.15) is 43.9 Å². The summed E-state index contributed by atoms with van der Waals surface area (Å²) >= 11 is 0. The molecule has 0 amide bonds. The highest BCUT2D eigenvalue weighted by atomic mass is 19.1. The van der Waals surface area contributed by atoms with Gasteiger partial charge in [0.15, 0.2) is 0 Å². The van der Waals surface area contributed by atoms with Crippen molar-refractivity contribution in [2.24, 2.45) is 0 Å². The van der Waals surface area contributed by atoms with E-state index in [1.165, 1.54) is 6.07 Å². The van der Waals surface area contributed by atoms with Crippen LogP contribution in [-0.2, 0) is 4.74 Å². The Bertz CT molecular complexity index is 415. The second-order valence-corrected chi connectivity index (χ2v) is 5.13. The normalized spacial score (nSPS) is 23.0. The minimum absolute atomic E-state index is 0.0469. The van der Waals surface area contributed by atoms with Crippen LogP contribution in [0.15, 0.2) is 18.2 Å². The van der Waals surface area contributed by atoms with Crippen LogP contribution in [0, 0.1) is 12.7 Å². The smallest absolute Gasteiger partial charge is 0.123 e. The molecule has 2 nitrogen and oxygen atoms in total. The van der Waals surface area contributed by atoms with Gasteiger partial charge in [-0.3, -0.25) is 0 Å². The second kappa shape index (κ2) is 5.37. The summed E-state index contributed by atoms with van der Waals surface area (Å²) in [4.78, 5) is 0. The molecule has 1 aliphatic rings. The number of rotatable bonds is 3. The van der Waals surface area contributed by atoms with E-state index in [1.807, 2.05) is 13.0 Å². The Morgan fingerprint density at radius 3 is 2.78 bits per heavy atom. The zero-order valence-corrected chi connectivity index (χ0v) is 11.4. The van der Waals surface area contributed by atoms with Crippen LogP contribution in [0.3, 0.4) is 0 Å². The van der Waals surface area contributed by atoms with Crippen LogP contribution in [0.5, 0.6) is 0 Å². The molecule has 1 unspecified atom stereocenters. The summed E-state index contributed by atoms with van der Waals surface area (Å²) < 4.78 is 19.6. The molecule has 3 heteroatoms. The van der Waals surface area contributed by atoms with Gasteiger partial charge in [0.1, 0.15) is 5.82 Å². The molecule has 0 aromatic heterocycles. The molecule has 1 aromatic carbocycles. The molecule has 1 aliphatic heterocycles. The molecule has 0 aliphatic carbocycles. The third kappa shape index (κ3) is 2.57. The molecule has 0 bridgehead atoms. The Morgan fingerprint density at radius 2 is 2.11 bits per heavy atom. The lowest BCUT2D eigenvalue weighted by Crippen LogP contribution is -2.50. The van der Waals surface area contributed by atoms with Crippen molar-refractivity contribution in [2.75, 3.05) is 13.1 Å². The van der Waals surface area contributed by atoms with Crippen LogP contribution >= 0.6 is 0 Å². The molecule has 1 fully saturated rings. The van der Waals surface area contributed by atoms with E-state index in [0.29, 0.717) is 0 Å². The highest BCUT2D eigenvalue weighted by molar-refractivity contribution is 5.29. The van der Waals surface area contributed by atoms with Crippen molar-refractivity contribution in [3.05, 3.63) is 35.1 Å². The maximum atomic E-state index is 13.4. The fraction of sp³-hybridized carbons (Fsp3) is 0.600. The van der Waals surface area contributed by atoms with Crippen molar-refractivity contribution >= 4 is 0 Å². The third-order valence-corrected chi connectivity index (χ3v) is 4.05. The van der Waals surface area contributed by atoms with E-state index in [9.17, 15) is 4.39 Å². The summed E-state index contributed by atoms with van der Waals surface area (Å²) in [5.74, 6) is -0.191. The van der Waals surface area contributed by atoms with Gasteiger partial charge in [0.05, 0.1) is 11.7 Å². The summed E-state index contributed by atoms with van der Waals surface area (Å²) in [5, 5.41) is 3.43. The number of morpholine rings is 1. The number of nitrogens with one attached hydrogen (secondary N) is 1. The second-order valence-electron chi connectivity index (χ2n) is 5.13. The Balaban J connectivity index is 2.25. The van der Waals surface area contributed by atoms with E-state index in [4.69, 9.17) is 4.74 Å². The first-order valence-corrected chi connectivity index (χ1v) is 6.75. The minimum Gasteiger partial charge on any atom is -0.364 e. The van der Waals surface area contributed by atoms with Crippen LogP contribution < -0.4 is 5.32 Å². The zero-order chi connectivity index (χ0) is 13.2. The molecular weight excluding hydrogens is 229 g/mol. The average Bonchev–Trinajstić information content (AvgIpc) is 2.41. The fourth-order valence-electron chi connectivity index (χ4n) is 2.61. The predicted molar refractivity (Wildman–Crippen MR) is 71.1 cm³/mol. The van der Waals surface area contributed by atoms with Gasteiger partial charge in [-0.1, -0.05) is 19.9 Å². The van der Waals surface area contributed by atoms with Crippen molar-refractivity contribution < 1.29 is 9.13 Å². The largest absolute Gasteiger partial charge is 0.364 e. The first-order chi connectivity index (χ1) is 8.60. The summed E-state index contributed by atoms with van der Waals surface area (Å²) in [6, 6.07) is 4.92. The van der Waals surface area contributed by atoms with E-state index in [1.54, 1.807) is 6.07 Å². The van der Waals surface area contributed by atoms with Crippen molar-refractivity contribution in [3.8, 4) is 0 Å². The van der Waals surface area contributed by atoms with Gasteiger partial charge in [-0.15, -0.1) is 0 Å². The van der Waals surface area contributed by atoms with E-state index in [2.05, 4.69) is 19.2 Å². The molecule has 1 N–H and O–H groups in total. The van der Waals surface area contributed by atoms with Crippen LogP contribution in [0.25, 0.3) is 0 Å². The fourth-order valence-corrected chi connectivity index (χ4v) is 2.61. The van der Waals surface area contributed by atoms with Crippen molar-refractivity contribution in [3.63, 3.8) is 0 Å². The van der Waals surface area contributed by atoms with E-state index >= 15 is 0 Å². The number of aryl methyl sites for hydroxylation is 1. The average molecular weight is 251 g/mol. The molecule has 1 aromatic rings. The number of hydrogen-bond donors (Lipinski definition) is 1. The van der Waals surface area contributed by atoms with E-state index in [-0.39, 0.29) is 17.5 Å². The zero-order valence-electron chi connectivity index (χ0n) is 11.4. The van der Waals surface area contributed by atoms with Gasteiger partial charge in [0, 0.05) is 13.1 Å². The van der Waals surface area contributed by atoms with Crippen molar-refractivity contribution in [1.82, 2.24) is 5.32 Å². The molecule has 18 heavy (non-hydrogen) atoms. The van der Waals surface area contributed by atoms with Crippen LogP contribution in [-0.4, -0.2) is 18.7 Å². The molecule has 2 rings (SSSR count). The lowest BCUT2D eigenvalue weighted by Gasteiger charge is -2.41. The van der Waals surface area contributed by atoms with Gasteiger partial charge < -0.3 is 10.1 Å². The van der Waals surface area contributed by atoms with Gasteiger partial charge in [-0.25, -0.2) is 4.39 Å². The number of benzene rings is 1. The highest BCUT2D eigenvalue weighted by Gasteiger charge is 2.35. The lowest BCUT2D eigenvalue weighted by molar-refractivity contribution is -0.122. The standard InChI is InChI=1S/C15H22FNO/c1-4-15(5-2)10-17-9-14(18-15)13-8-12(16)7-6-11(13)3/h6-8,14,17H,4-5,9-10H2,1-3H3. The lowest BCUT2D eigenvalue weighted by atomic mass is 9.93. The van der Waals surface area contributed by atoms with Gasteiger partial charge >= 0.3 is 0 Å². The molecule has 0 saturated carbocycles. The summed E-state index contributed by atoms with van der Waals surface area (Å²) in [6.45, 7) is 7.93. The van der Waals surface area contributed by atoms with Crippen molar-refractivity contribution in [2.45, 2.75) is 45.3 Å². The molecule has 1 heterocycles. The maximum Gasteiger partial charge on any atom is 0.123 e. The monoisotopic (exact) mass is 251 g/mol. The van der Waals surface area contributed by atoms with E-state index < -0.39 is 0 Å². The number of halogens is 1. The Labute approximate surface area is 109 Å². The van der Waals surface area contributed by atoms with Crippen molar-refractivity contribution in [1.29, 1.82) is 0 Å². The third-order valence-electron chi connectivity index (χ3n) is 4.05. The summed E-state index contributed by atoms with van der Waals surface area (Å²) in [5.41, 5.74) is 1.95. The minimum atomic E-state index is -0.191. The summed E-state index contributed by atoms with van der Waals surface area (Å²) in [6.07, 6.45) is 1.90. The topological polar surface area (TPSA) is 21.3 Å². The van der Waals surface area contributed by atoms with Gasteiger partial charge in [0.25, 0.3) is 0 Å². The van der Waals surface area contributed by atoms with Gasteiger partial charge in [-0.2, -0.15) is 0 Å². The molecule has 1 atom stereocenters. The number of hydrogen-bond acceptors (Lipinski definition) is 2. The van der Waals surface area contributed by atoms with E-state index in [0.717, 1.165) is 37.1 Å². The van der Waals surface area contributed by atoms with Gasteiger partial charge in [0.2, 0.25) is 0 Å². The molecule has 1 saturated heterocycles. The quantitative estimate of drug-likeness (QED) is 0.889.